The van der Waals surface area contributed by atoms with Crippen molar-refractivity contribution in [3.63, 3.8) is 0 Å². The van der Waals surface area contributed by atoms with Crippen LogP contribution in [0.5, 0.6) is 0 Å². The molecule has 2 aromatic carbocycles. The SMILES string of the molecule is O=C1CN([C@H]2c3ccccc3C[C@H]2NS(=O)(=O)c2ccccc2)CCN1. The van der Waals surface area contributed by atoms with E-state index in [-0.39, 0.29) is 29.4 Å². The quantitative estimate of drug-likeness (QED) is 0.843. The molecular formula is C19H21N3O3S. The lowest BCUT2D eigenvalue weighted by Crippen LogP contribution is -2.53. The van der Waals surface area contributed by atoms with Gasteiger partial charge in [-0.1, -0.05) is 42.5 Å². The number of piperazine rings is 1. The number of nitrogens with zero attached hydrogens (tertiary/aromatic N) is 1. The maximum atomic E-state index is 12.8. The summed E-state index contributed by atoms with van der Waals surface area (Å²) in [4.78, 5) is 14.2. The van der Waals surface area contributed by atoms with Crippen molar-refractivity contribution in [2.45, 2.75) is 23.4 Å². The number of amides is 1. The second kappa shape index (κ2) is 6.83. The second-order valence-electron chi connectivity index (χ2n) is 6.71. The fourth-order valence-corrected chi connectivity index (χ4v) is 5.16. The fourth-order valence-electron chi connectivity index (χ4n) is 3.89. The lowest BCUT2D eigenvalue weighted by atomic mass is 10.0. The summed E-state index contributed by atoms with van der Waals surface area (Å²) in [5.41, 5.74) is 2.23. The van der Waals surface area contributed by atoms with E-state index in [0.29, 0.717) is 19.5 Å². The highest BCUT2D eigenvalue weighted by atomic mass is 32.2. The number of sulfonamides is 1. The zero-order valence-corrected chi connectivity index (χ0v) is 15.1. The van der Waals surface area contributed by atoms with E-state index in [1.165, 1.54) is 0 Å². The molecule has 0 saturated carbocycles. The maximum Gasteiger partial charge on any atom is 0.240 e. The van der Waals surface area contributed by atoms with E-state index in [1.54, 1.807) is 30.3 Å². The first-order chi connectivity index (χ1) is 12.5. The lowest BCUT2D eigenvalue weighted by molar-refractivity contribution is -0.125. The predicted octanol–water partition coefficient (Wildman–Crippen LogP) is 1.06. The summed E-state index contributed by atoms with van der Waals surface area (Å²) < 4.78 is 28.5. The minimum absolute atomic E-state index is 0.0229. The normalized spacial score (nSPS) is 23.5. The number of carbonyl (C=O) groups is 1. The largest absolute Gasteiger partial charge is 0.354 e. The number of rotatable bonds is 4. The van der Waals surface area contributed by atoms with Crippen LogP contribution in [0.15, 0.2) is 59.5 Å². The van der Waals surface area contributed by atoms with E-state index in [2.05, 4.69) is 14.9 Å². The summed E-state index contributed by atoms with van der Waals surface area (Å²) >= 11 is 0. The van der Waals surface area contributed by atoms with E-state index < -0.39 is 10.0 Å². The van der Waals surface area contributed by atoms with Crippen molar-refractivity contribution < 1.29 is 13.2 Å². The topological polar surface area (TPSA) is 78.5 Å². The lowest BCUT2D eigenvalue weighted by Gasteiger charge is -2.36. The van der Waals surface area contributed by atoms with Crippen molar-refractivity contribution in [3.8, 4) is 0 Å². The van der Waals surface area contributed by atoms with Crippen molar-refractivity contribution in [2.24, 2.45) is 0 Å². The molecule has 0 aromatic heterocycles. The van der Waals surface area contributed by atoms with Crippen LogP contribution in [0.1, 0.15) is 17.2 Å². The molecular weight excluding hydrogens is 350 g/mol. The Morgan fingerprint density at radius 3 is 2.54 bits per heavy atom. The molecule has 1 amide bonds. The Bertz CT molecular complexity index is 915. The molecule has 136 valence electrons. The molecule has 2 aliphatic rings. The molecule has 0 unspecified atom stereocenters. The highest BCUT2D eigenvalue weighted by Crippen LogP contribution is 2.36. The number of carbonyl (C=O) groups excluding carboxylic acids is 1. The third-order valence-corrected chi connectivity index (χ3v) is 6.52. The highest BCUT2D eigenvalue weighted by Gasteiger charge is 2.40. The smallest absolute Gasteiger partial charge is 0.240 e. The molecule has 0 radical (unpaired) electrons. The van der Waals surface area contributed by atoms with Crippen molar-refractivity contribution in [3.05, 3.63) is 65.7 Å². The van der Waals surface area contributed by atoms with E-state index in [1.807, 2.05) is 24.3 Å². The van der Waals surface area contributed by atoms with Gasteiger partial charge >= 0.3 is 0 Å². The Hall–Kier alpha value is -2.22. The molecule has 2 aromatic rings. The van der Waals surface area contributed by atoms with Gasteiger partial charge in [-0.3, -0.25) is 9.69 Å². The van der Waals surface area contributed by atoms with Crippen molar-refractivity contribution >= 4 is 15.9 Å². The zero-order valence-electron chi connectivity index (χ0n) is 14.3. The van der Waals surface area contributed by atoms with Gasteiger partial charge < -0.3 is 5.32 Å². The predicted molar refractivity (Wildman–Crippen MR) is 98.0 cm³/mol. The van der Waals surface area contributed by atoms with Gasteiger partial charge in [0.05, 0.1) is 17.5 Å². The number of hydrogen-bond donors (Lipinski definition) is 2. The summed E-state index contributed by atoms with van der Waals surface area (Å²) in [7, 11) is -3.62. The third kappa shape index (κ3) is 3.25. The van der Waals surface area contributed by atoms with Crippen LogP contribution >= 0.6 is 0 Å². The standard InChI is InChI=1S/C19H21N3O3S/c23-18-13-22(11-10-20-18)19-16-9-5-4-6-14(16)12-17(19)21-26(24,25)15-7-2-1-3-8-15/h1-9,17,19,21H,10-13H2,(H,20,23)/t17-,19+/m1/s1. The van der Waals surface area contributed by atoms with Gasteiger partial charge in [-0.05, 0) is 29.7 Å². The average molecular weight is 371 g/mol. The number of benzene rings is 2. The van der Waals surface area contributed by atoms with Crippen LogP contribution < -0.4 is 10.0 Å². The Labute approximate surface area is 153 Å². The Balaban J connectivity index is 1.65. The van der Waals surface area contributed by atoms with Gasteiger partial charge in [0.15, 0.2) is 0 Å². The zero-order chi connectivity index (χ0) is 18.1. The molecule has 0 spiro atoms. The van der Waals surface area contributed by atoms with Crippen LogP contribution in [-0.4, -0.2) is 44.9 Å². The fraction of sp³-hybridized carbons (Fsp3) is 0.316. The monoisotopic (exact) mass is 371 g/mol. The van der Waals surface area contributed by atoms with Crippen molar-refractivity contribution in [2.75, 3.05) is 19.6 Å². The maximum absolute atomic E-state index is 12.8. The molecule has 1 heterocycles. The minimum atomic E-state index is -3.62. The number of nitrogens with one attached hydrogen (secondary N) is 2. The second-order valence-corrected chi connectivity index (χ2v) is 8.42. The summed E-state index contributed by atoms with van der Waals surface area (Å²) in [5.74, 6) is -0.0229. The van der Waals surface area contributed by atoms with Gasteiger partial charge in [0.1, 0.15) is 0 Å². The molecule has 0 bridgehead atoms. The first-order valence-corrected chi connectivity index (χ1v) is 10.2. The Kier molecular flexibility index (Phi) is 4.52. The van der Waals surface area contributed by atoms with Crippen LogP contribution in [-0.2, 0) is 21.2 Å². The van der Waals surface area contributed by atoms with Crippen LogP contribution in [0.25, 0.3) is 0 Å². The van der Waals surface area contributed by atoms with Gasteiger partial charge in [0, 0.05) is 19.1 Å². The summed E-state index contributed by atoms with van der Waals surface area (Å²) in [5, 5.41) is 2.83. The van der Waals surface area contributed by atoms with Gasteiger partial charge in [0.2, 0.25) is 15.9 Å². The summed E-state index contributed by atoms with van der Waals surface area (Å²) in [6, 6.07) is 15.9. The molecule has 1 fully saturated rings. The molecule has 26 heavy (non-hydrogen) atoms. The summed E-state index contributed by atoms with van der Waals surface area (Å²) in [6.07, 6.45) is 0.616. The van der Waals surface area contributed by atoms with Gasteiger partial charge in [-0.25, -0.2) is 13.1 Å². The molecule has 2 N–H and O–H groups in total. The first-order valence-electron chi connectivity index (χ1n) is 8.70. The van der Waals surface area contributed by atoms with Crippen LogP contribution in [0.4, 0.5) is 0 Å². The minimum Gasteiger partial charge on any atom is -0.354 e. The van der Waals surface area contributed by atoms with Gasteiger partial charge in [0.25, 0.3) is 0 Å². The van der Waals surface area contributed by atoms with Gasteiger partial charge in [-0.2, -0.15) is 0 Å². The van der Waals surface area contributed by atoms with E-state index in [0.717, 1.165) is 11.1 Å². The van der Waals surface area contributed by atoms with Crippen molar-refractivity contribution in [1.29, 1.82) is 0 Å². The van der Waals surface area contributed by atoms with Crippen LogP contribution in [0.3, 0.4) is 0 Å². The van der Waals surface area contributed by atoms with E-state index in [9.17, 15) is 13.2 Å². The highest BCUT2D eigenvalue weighted by molar-refractivity contribution is 7.89. The molecule has 1 aliphatic heterocycles. The molecule has 7 heteroatoms. The van der Waals surface area contributed by atoms with Crippen LogP contribution in [0, 0.1) is 0 Å². The molecule has 1 aliphatic carbocycles. The average Bonchev–Trinajstić information content (AvgIpc) is 2.99. The Morgan fingerprint density at radius 1 is 1.04 bits per heavy atom. The number of hydrogen-bond acceptors (Lipinski definition) is 4. The summed E-state index contributed by atoms with van der Waals surface area (Å²) in [6.45, 7) is 1.56. The van der Waals surface area contributed by atoms with E-state index in [4.69, 9.17) is 0 Å². The molecule has 6 nitrogen and oxygen atoms in total. The Morgan fingerprint density at radius 2 is 1.77 bits per heavy atom. The molecule has 2 atom stereocenters. The first kappa shape index (κ1) is 17.2. The van der Waals surface area contributed by atoms with Gasteiger partial charge in [-0.15, -0.1) is 0 Å². The number of fused-ring (bicyclic) bond motifs is 1. The molecule has 1 saturated heterocycles. The van der Waals surface area contributed by atoms with E-state index >= 15 is 0 Å². The third-order valence-electron chi connectivity index (χ3n) is 5.02. The van der Waals surface area contributed by atoms with Crippen LogP contribution in [0.2, 0.25) is 0 Å². The van der Waals surface area contributed by atoms with Crippen molar-refractivity contribution in [1.82, 2.24) is 14.9 Å². The molecule has 4 rings (SSSR count).